The van der Waals surface area contributed by atoms with Gasteiger partial charge in [-0.1, -0.05) is 12.1 Å². The molecule has 0 spiro atoms. The number of benzene rings is 2. The van der Waals surface area contributed by atoms with Gasteiger partial charge in [0.05, 0.1) is 0 Å². The number of oxazole rings is 1. The van der Waals surface area contributed by atoms with Gasteiger partial charge in [-0.15, -0.1) is 0 Å². The summed E-state index contributed by atoms with van der Waals surface area (Å²) in [7, 11) is 1.81. The average Bonchev–Trinajstić information content (AvgIpc) is 2.97. The normalized spacial score (nSPS) is 11.1. The van der Waals surface area contributed by atoms with E-state index in [-0.39, 0.29) is 5.89 Å². The molecule has 0 saturated carbocycles. The molecule has 1 N–H and O–H groups in total. The third-order valence-electron chi connectivity index (χ3n) is 3.55. The average molecular weight is 292 g/mol. The van der Waals surface area contributed by atoms with E-state index in [1.165, 1.54) is 0 Å². The maximum absolute atomic E-state index is 12.2. The van der Waals surface area contributed by atoms with Crippen LogP contribution in [0.3, 0.4) is 0 Å². The van der Waals surface area contributed by atoms with E-state index < -0.39 is 5.63 Å². The quantitative estimate of drug-likeness (QED) is 0.571. The first kappa shape index (κ1) is 12.6. The number of hydrogen-bond donors (Lipinski definition) is 1. The lowest BCUT2D eigenvalue weighted by molar-refractivity contribution is 0.553. The van der Waals surface area contributed by atoms with Crippen molar-refractivity contribution >= 4 is 27.8 Å². The van der Waals surface area contributed by atoms with Crippen LogP contribution in [0.15, 0.2) is 62.2 Å². The Morgan fingerprint density at radius 1 is 1.00 bits per heavy atom. The van der Waals surface area contributed by atoms with Crippen LogP contribution in [0.1, 0.15) is 0 Å². The largest absolute Gasteiger partial charge is 0.436 e. The first-order valence-corrected chi connectivity index (χ1v) is 6.86. The van der Waals surface area contributed by atoms with Gasteiger partial charge in [0.2, 0.25) is 5.89 Å². The molecule has 4 aromatic rings. The summed E-state index contributed by atoms with van der Waals surface area (Å²) in [6, 6.07) is 14.7. The molecule has 0 bridgehead atoms. The molecule has 0 aliphatic carbocycles. The molecule has 2 heterocycles. The van der Waals surface area contributed by atoms with Gasteiger partial charge in [0.1, 0.15) is 16.7 Å². The van der Waals surface area contributed by atoms with Crippen LogP contribution in [-0.4, -0.2) is 12.0 Å². The lowest BCUT2D eigenvalue weighted by Gasteiger charge is -2.02. The van der Waals surface area contributed by atoms with Crippen molar-refractivity contribution in [2.24, 2.45) is 0 Å². The molecule has 2 aromatic carbocycles. The van der Waals surface area contributed by atoms with Crippen molar-refractivity contribution in [2.75, 3.05) is 12.4 Å². The molecule has 5 heteroatoms. The van der Waals surface area contributed by atoms with E-state index >= 15 is 0 Å². The van der Waals surface area contributed by atoms with Gasteiger partial charge in [-0.05, 0) is 30.3 Å². The number of para-hydroxylation sites is 2. The topological polar surface area (TPSA) is 68.3 Å². The van der Waals surface area contributed by atoms with Gasteiger partial charge < -0.3 is 14.2 Å². The molecule has 2 aromatic heterocycles. The fraction of sp³-hybridized carbons (Fsp3) is 0.0588. The Balaban J connectivity index is 1.94. The molecule has 0 radical (unpaired) electrons. The van der Waals surface area contributed by atoms with Crippen molar-refractivity contribution in [1.82, 2.24) is 4.98 Å². The standard InChI is InChI=1S/C17H12N2O3/c1-18-11-7-6-10-8-12(17(20)22-15(10)9-11)16-19-13-4-2-3-5-14(13)21-16/h2-9,18H,1H3. The summed E-state index contributed by atoms with van der Waals surface area (Å²) < 4.78 is 11.0. The highest BCUT2D eigenvalue weighted by Gasteiger charge is 2.14. The summed E-state index contributed by atoms with van der Waals surface area (Å²) in [5, 5.41) is 3.83. The second-order valence-corrected chi connectivity index (χ2v) is 4.94. The highest BCUT2D eigenvalue weighted by Crippen LogP contribution is 2.25. The van der Waals surface area contributed by atoms with Crippen LogP contribution in [0.4, 0.5) is 5.69 Å². The molecule has 4 rings (SSSR count). The zero-order valence-corrected chi connectivity index (χ0v) is 11.8. The van der Waals surface area contributed by atoms with Gasteiger partial charge in [0, 0.05) is 24.2 Å². The Bertz CT molecular complexity index is 1010. The van der Waals surface area contributed by atoms with E-state index in [1.807, 2.05) is 43.4 Å². The summed E-state index contributed by atoms with van der Waals surface area (Å²) in [4.78, 5) is 16.6. The number of aromatic nitrogens is 1. The lowest BCUT2D eigenvalue weighted by Crippen LogP contribution is -2.03. The minimum Gasteiger partial charge on any atom is -0.436 e. The first-order valence-electron chi connectivity index (χ1n) is 6.86. The van der Waals surface area contributed by atoms with Gasteiger partial charge in [-0.2, -0.15) is 0 Å². The first-order chi connectivity index (χ1) is 10.7. The van der Waals surface area contributed by atoms with Crippen LogP contribution in [0, 0.1) is 0 Å². The molecule has 0 aliphatic rings. The summed E-state index contributed by atoms with van der Waals surface area (Å²) in [5.74, 6) is 0.273. The molecule has 0 aliphatic heterocycles. The smallest absolute Gasteiger partial charge is 0.349 e. The number of hydrogen-bond acceptors (Lipinski definition) is 5. The van der Waals surface area contributed by atoms with E-state index in [0.29, 0.717) is 22.2 Å². The van der Waals surface area contributed by atoms with Gasteiger partial charge in [-0.25, -0.2) is 9.78 Å². The number of nitrogens with one attached hydrogen (secondary N) is 1. The third-order valence-corrected chi connectivity index (χ3v) is 3.55. The zero-order chi connectivity index (χ0) is 15.1. The fourth-order valence-corrected chi connectivity index (χ4v) is 2.40. The molecule has 22 heavy (non-hydrogen) atoms. The van der Waals surface area contributed by atoms with Crippen molar-refractivity contribution in [3.8, 4) is 11.5 Å². The van der Waals surface area contributed by atoms with Crippen molar-refractivity contribution in [1.29, 1.82) is 0 Å². The van der Waals surface area contributed by atoms with Gasteiger partial charge in [0.15, 0.2) is 5.58 Å². The second kappa shape index (κ2) is 4.73. The summed E-state index contributed by atoms with van der Waals surface area (Å²) in [6.45, 7) is 0. The van der Waals surface area contributed by atoms with Crippen LogP contribution in [-0.2, 0) is 0 Å². The Labute approximate surface area is 125 Å². The van der Waals surface area contributed by atoms with Crippen LogP contribution < -0.4 is 10.9 Å². The van der Waals surface area contributed by atoms with E-state index in [1.54, 1.807) is 12.1 Å². The van der Waals surface area contributed by atoms with E-state index in [2.05, 4.69) is 10.3 Å². The Kier molecular flexibility index (Phi) is 2.72. The second-order valence-electron chi connectivity index (χ2n) is 4.94. The third kappa shape index (κ3) is 1.95. The van der Waals surface area contributed by atoms with Crippen LogP contribution >= 0.6 is 0 Å². The summed E-state index contributed by atoms with van der Waals surface area (Å²) in [6.07, 6.45) is 0. The molecule has 0 amide bonds. The summed E-state index contributed by atoms with van der Waals surface area (Å²) in [5.41, 5.74) is 2.61. The van der Waals surface area contributed by atoms with E-state index in [9.17, 15) is 4.79 Å². The maximum Gasteiger partial charge on any atom is 0.349 e. The monoisotopic (exact) mass is 292 g/mol. The predicted molar refractivity (Wildman–Crippen MR) is 85.0 cm³/mol. The minimum absolute atomic E-state index is 0.273. The predicted octanol–water partition coefficient (Wildman–Crippen LogP) is 3.64. The molecular formula is C17H12N2O3. The number of nitrogens with zero attached hydrogens (tertiary/aromatic N) is 1. The minimum atomic E-state index is -0.465. The van der Waals surface area contributed by atoms with E-state index in [4.69, 9.17) is 8.83 Å². The zero-order valence-electron chi connectivity index (χ0n) is 11.8. The lowest BCUT2D eigenvalue weighted by atomic mass is 10.1. The van der Waals surface area contributed by atoms with Crippen molar-refractivity contribution in [3.05, 3.63) is 59.0 Å². The Morgan fingerprint density at radius 3 is 2.68 bits per heavy atom. The molecule has 0 fully saturated rings. The molecule has 0 atom stereocenters. The van der Waals surface area contributed by atoms with Gasteiger partial charge in [-0.3, -0.25) is 0 Å². The molecular weight excluding hydrogens is 280 g/mol. The number of rotatable bonds is 2. The van der Waals surface area contributed by atoms with E-state index in [0.717, 1.165) is 11.1 Å². The number of anilines is 1. The summed E-state index contributed by atoms with van der Waals surface area (Å²) >= 11 is 0. The molecule has 5 nitrogen and oxygen atoms in total. The van der Waals surface area contributed by atoms with Crippen LogP contribution in [0.2, 0.25) is 0 Å². The van der Waals surface area contributed by atoms with Gasteiger partial charge >= 0.3 is 5.63 Å². The SMILES string of the molecule is CNc1ccc2cc(-c3nc4ccccc4o3)c(=O)oc2c1. The van der Waals surface area contributed by atoms with Crippen molar-refractivity contribution in [3.63, 3.8) is 0 Å². The van der Waals surface area contributed by atoms with Crippen LogP contribution in [0.25, 0.3) is 33.5 Å². The highest BCUT2D eigenvalue weighted by molar-refractivity contribution is 5.84. The highest BCUT2D eigenvalue weighted by atomic mass is 16.4. The van der Waals surface area contributed by atoms with Crippen molar-refractivity contribution < 1.29 is 8.83 Å². The van der Waals surface area contributed by atoms with Crippen LogP contribution in [0.5, 0.6) is 0 Å². The number of fused-ring (bicyclic) bond motifs is 2. The Morgan fingerprint density at radius 2 is 1.86 bits per heavy atom. The van der Waals surface area contributed by atoms with Gasteiger partial charge in [0.25, 0.3) is 0 Å². The van der Waals surface area contributed by atoms with Crippen molar-refractivity contribution in [2.45, 2.75) is 0 Å². The molecule has 108 valence electrons. The molecule has 0 unspecified atom stereocenters. The Hall–Kier alpha value is -3.08. The molecule has 0 saturated heterocycles. The maximum atomic E-state index is 12.2. The fourth-order valence-electron chi connectivity index (χ4n) is 2.40.